The standard InChI is InChI=1S/C28H32N4O3/c1-3-5-19-29-27(34)21-11-17-24(18-12-21)31-26(33)20-30-23-15-13-22(14-16-23)28(35)32(4-2)25-9-7-6-8-10-25/h6-18,30H,3-5,19-20H2,1-2H3,(H,29,34)(H,31,33). The van der Waals surface area contributed by atoms with Crippen LogP contribution in [0, 0.1) is 0 Å². The molecule has 0 aliphatic heterocycles. The number of hydrogen-bond donors (Lipinski definition) is 3. The van der Waals surface area contributed by atoms with Crippen LogP contribution >= 0.6 is 0 Å². The summed E-state index contributed by atoms with van der Waals surface area (Å²) >= 11 is 0. The Morgan fingerprint density at radius 2 is 1.40 bits per heavy atom. The van der Waals surface area contributed by atoms with Gasteiger partial charge in [-0.1, -0.05) is 31.5 Å². The summed E-state index contributed by atoms with van der Waals surface area (Å²) in [4.78, 5) is 39.0. The van der Waals surface area contributed by atoms with Gasteiger partial charge in [0.1, 0.15) is 0 Å². The van der Waals surface area contributed by atoms with Crippen LogP contribution in [0.15, 0.2) is 78.9 Å². The van der Waals surface area contributed by atoms with Crippen LogP contribution in [0.2, 0.25) is 0 Å². The Balaban J connectivity index is 1.49. The molecule has 3 aromatic carbocycles. The molecule has 0 fully saturated rings. The summed E-state index contributed by atoms with van der Waals surface area (Å²) < 4.78 is 0. The van der Waals surface area contributed by atoms with Crippen LogP contribution in [0.25, 0.3) is 0 Å². The summed E-state index contributed by atoms with van der Waals surface area (Å²) in [6, 6.07) is 23.4. The summed E-state index contributed by atoms with van der Waals surface area (Å²) in [6.07, 6.45) is 1.96. The van der Waals surface area contributed by atoms with E-state index in [1.807, 2.05) is 37.3 Å². The van der Waals surface area contributed by atoms with Crippen LogP contribution in [0.4, 0.5) is 17.1 Å². The summed E-state index contributed by atoms with van der Waals surface area (Å²) in [6.45, 7) is 5.29. The largest absolute Gasteiger partial charge is 0.376 e. The Morgan fingerprint density at radius 3 is 2.03 bits per heavy atom. The molecule has 0 aliphatic carbocycles. The minimum absolute atomic E-state index is 0.0671. The molecule has 0 radical (unpaired) electrons. The Bertz CT molecular complexity index is 1110. The van der Waals surface area contributed by atoms with E-state index in [0.717, 1.165) is 24.2 Å². The second kappa shape index (κ2) is 12.9. The molecule has 7 nitrogen and oxygen atoms in total. The molecule has 0 aromatic heterocycles. The molecular formula is C28H32N4O3. The molecule has 3 N–H and O–H groups in total. The lowest BCUT2D eigenvalue weighted by atomic mass is 10.1. The number of rotatable bonds is 11. The van der Waals surface area contributed by atoms with Gasteiger partial charge in [-0.25, -0.2) is 0 Å². The van der Waals surface area contributed by atoms with Gasteiger partial charge in [0.05, 0.1) is 6.54 Å². The Kier molecular flexibility index (Phi) is 9.42. The van der Waals surface area contributed by atoms with Gasteiger partial charge in [0.25, 0.3) is 11.8 Å². The highest BCUT2D eigenvalue weighted by Crippen LogP contribution is 2.18. The zero-order chi connectivity index (χ0) is 25.0. The topological polar surface area (TPSA) is 90.5 Å². The Morgan fingerprint density at radius 1 is 0.771 bits per heavy atom. The predicted octanol–water partition coefficient (Wildman–Crippen LogP) is 4.93. The fraction of sp³-hybridized carbons (Fsp3) is 0.250. The SMILES string of the molecule is CCCCNC(=O)c1ccc(NC(=O)CNc2ccc(C(=O)N(CC)c3ccccc3)cc2)cc1. The molecule has 0 heterocycles. The third-order valence-electron chi connectivity index (χ3n) is 5.46. The van der Waals surface area contributed by atoms with Crippen LogP contribution < -0.4 is 20.9 Å². The third kappa shape index (κ3) is 7.43. The molecule has 0 saturated heterocycles. The number of benzene rings is 3. The van der Waals surface area contributed by atoms with Crippen LogP contribution in [0.3, 0.4) is 0 Å². The second-order valence-electron chi connectivity index (χ2n) is 8.05. The Hall–Kier alpha value is -4.13. The second-order valence-corrected chi connectivity index (χ2v) is 8.05. The minimum atomic E-state index is -0.216. The van der Waals surface area contributed by atoms with E-state index in [2.05, 4.69) is 22.9 Å². The number of hydrogen-bond acceptors (Lipinski definition) is 4. The van der Waals surface area contributed by atoms with Gasteiger partial charge in [0.2, 0.25) is 5.91 Å². The molecule has 7 heteroatoms. The maximum absolute atomic E-state index is 12.9. The van der Waals surface area contributed by atoms with Crippen molar-refractivity contribution >= 4 is 34.8 Å². The van der Waals surface area contributed by atoms with Crippen molar-refractivity contribution in [1.82, 2.24) is 5.32 Å². The summed E-state index contributed by atoms with van der Waals surface area (Å²) in [5.74, 6) is -0.414. The predicted molar refractivity (Wildman–Crippen MR) is 141 cm³/mol. The molecule has 0 bridgehead atoms. The number of amides is 3. The highest BCUT2D eigenvalue weighted by Gasteiger charge is 2.15. The van der Waals surface area contributed by atoms with Crippen molar-refractivity contribution in [2.75, 3.05) is 35.2 Å². The molecule has 0 aliphatic rings. The zero-order valence-electron chi connectivity index (χ0n) is 20.2. The van der Waals surface area contributed by atoms with Gasteiger partial charge in [0, 0.05) is 41.3 Å². The van der Waals surface area contributed by atoms with Crippen LogP contribution in [0.5, 0.6) is 0 Å². The molecule has 3 rings (SSSR count). The van der Waals surface area contributed by atoms with Gasteiger partial charge in [-0.3, -0.25) is 14.4 Å². The smallest absolute Gasteiger partial charge is 0.258 e. The summed E-state index contributed by atoms with van der Waals surface area (Å²) in [5, 5.41) is 8.74. The lowest BCUT2D eigenvalue weighted by Crippen LogP contribution is -2.30. The molecule has 3 amide bonds. The number of carbonyl (C=O) groups excluding carboxylic acids is 3. The van der Waals surface area contributed by atoms with E-state index in [-0.39, 0.29) is 24.3 Å². The first kappa shape index (κ1) is 25.5. The van der Waals surface area contributed by atoms with Gasteiger partial charge in [-0.15, -0.1) is 0 Å². The van der Waals surface area contributed by atoms with E-state index in [9.17, 15) is 14.4 Å². The van der Waals surface area contributed by atoms with Crippen molar-refractivity contribution in [1.29, 1.82) is 0 Å². The first-order valence-corrected chi connectivity index (χ1v) is 11.9. The highest BCUT2D eigenvalue weighted by atomic mass is 16.2. The van der Waals surface area contributed by atoms with Crippen molar-refractivity contribution in [2.45, 2.75) is 26.7 Å². The van der Waals surface area contributed by atoms with Crippen LogP contribution in [-0.4, -0.2) is 37.4 Å². The lowest BCUT2D eigenvalue weighted by molar-refractivity contribution is -0.114. The highest BCUT2D eigenvalue weighted by molar-refractivity contribution is 6.06. The van der Waals surface area contributed by atoms with Gasteiger partial charge >= 0.3 is 0 Å². The molecular weight excluding hydrogens is 440 g/mol. The van der Waals surface area contributed by atoms with Gasteiger partial charge < -0.3 is 20.9 Å². The maximum Gasteiger partial charge on any atom is 0.258 e. The normalized spacial score (nSPS) is 10.3. The number of nitrogens with one attached hydrogen (secondary N) is 3. The van der Waals surface area contributed by atoms with Crippen molar-refractivity contribution in [2.24, 2.45) is 0 Å². The van der Waals surface area contributed by atoms with Crippen LogP contribution in [0.1, 0.15) is 47.4 Å². The van der Waals surface area contributed by atoms with Gasteiger partial charge in [0.15, 0.2) is 0 Å². The molecule has 35 heavy (non-hydrogen) atoms. The zero-order valence-corrected chi connectivity index (χ0v) is 20.2. The van der Waals surface area contributed by atoms with Crippen molar-refractivity contribution in [3.8, 4) is 0 Å². The molecule has 182 valence electrons. The molecule has 0 saturated carbocycles. The van der Waals surface area contributed by atoms with E-state index in [1.54, 1.807) is 53.4 Å². The van der Waals surface area contributed by atoms with E-state index in [1.165, 1.54) is 0 Å². The molecule has 0 unspecified atom stereocenters. The fourth-order valence-corrected chi connectivity index (χ4v) is 3.51. The molecule has 0 spiro atoms. The van der Waals surface area contributed by atoms with Gasteiger partial charge in [-0.05, 0) is 74.0 Å². The lowest BCUT2D eigenvalue weighted by Gasteiger charge is -2.21. The minimum Gasteiger partial charge on any atom is -0.376 e. The molecule has 0 atom stereocenters. The summed E-state index contributed by atoms with van der Waals surface area (Å²) in [7, 11) is 0. The molecule has 3 aromatic rings. The van der Waals surface area contributed by atoms with Crippen LogP contribution in [-0.2, 0) is 4.79 Å². The van der Waals surface area contributed by atoms with E-state index in [4.69, 9.17) is 0 Å². The van der Waals surface area contributed by atoms with Crippen molar-refractivity contribution < 1.29 is 14.4 Å². The number of unbranched alkanes of at least 4 members (excludes halogenated alkanes) is 1. The van der Waals surface area contributed by atoms with Crippen molar-refractivity contribution in [3.63, 3.8) is 0 Å². The maximum atomic E-state index is 12.9. The van der Waals surface area contributed by atoms with E-state index >= 15 is 0 Å². The fourth-order valence-electron chi connectivity index (χ4n) is 3.51. The number of anilines is 3. The average molecular weight is 473 g/mol. The number of carbonyl (C=O) groups is 3. The number of para-hydroxylation sites is 1. The van der Waals surface area contributed by atoms with Gasteiger partial charge in [-0.2, -0.15) is 0 Å². The number of nitrogens with zero attached hydrogens (tertiary/aromatic N) is 1. The monoisotopic (exact) mass is 472 g/mol. The first-order valence-electron chi connectivity index (χ1n) is 11.9. The Labute approximate surface area is 206 Å². The first-order chi connectivity index (χ1) is 17.0. The van der Waals surface area contributed by atoms with Crippen molar-refractivity contribution in [3.05, 3.63) is 90.0 Å². The average Bonchev–Trinajstić information content (AvgIpc) is 2.89. The van der Waals surface area contributed by atoms with E-state index < -0.39 is 0 Å². The quantitative estimate of drug-likeness (QED) is 0.345. The third-order valence-corrected chi connectivity index (χ3v) is 5.46. The summed E-state index contributed by atoms with van der Waals surface area (Å²) in [5.41, 5.74) is 3.33. The van der Waals surface area contributed by atoms with E-state index in [0.29, 0.717) is 29.9 Å².